The number of hydrogen-bond acceptors (Lipinski definition) is 2. The van der Waals surface area contributed by atoms with Gasteiger partial charge >= 0.3 is 8.32 Å². The summed E-state index contributed by atoms with van der Waals surface area (Å²) in [5.74, 6) is 0.934. The number of benzene rings is 3. The molecule has 0 aliphatic carbocycles. The van der Waals surface area contributed by atoms with Gasteiger partial charge in [-0.05, 0) is 57.7 Å². The first-order valence-corrected chi connectivity index (χ1v) is 17.2. The van der Waals surface area contributed by atoms with E-state index in [9.17, 15) is 0 Å². The Bertz CT molecular complexity index is 992. The van der Waals surface area contributed by atoms with Gasteiger partial charge in [-0.2, -0.15) is 0 Å². The highest BCUT2D eigenvalue weighted by atomic mass is 28.4. The molecular formula is C30H42O2Si2. The quantitative estimate of drug-likeness (QED) is 0.311. The molecular weight excluding hydrogens is 449 g/mol. The molecule has 0 unspecified atom stereocenters. The van der Waals surface area contributed by atoms with Crippen LogP contribution in [0.1, 0.15) is 47.1 Å². The van der Waals surface area contributed by atoms with E-state index in [2.05, 4.69) is 140 Å². The highest BCUT2D eigenvalue weighted by Gasteiger charge is 2.52. The maximum absolute atomic E-state index is 7.11. The third-order valence-corrected chi connectivity index (χ3v) is 16.8. The standard InChI is InChI=1S/C30H42O2Si2/c1-29(2,3)33(7,8)31-24-23-25-19-21-26(22-20-25)32-34(30(4,5)6,27-15-11-9-12-16-27)28-17-13-10-14-18-28/h9-22H,23-24H2,1-8H3. The molecule has 0 aliphatic rings. The fourth-order valence-corrected chi connectivity index (χ4v) is 9.66. The molecule has 0 spiro atoms. The van der Waals surface area contributed by atoms with E-state index in [1.54, 1.807) is 0 Å². The van der Waals surface area contributed by atoms with Crippen LogP contribution in [0.5, 0.6) is 5.75 Å². The zero-order valence-corrected chi connectivity index (χ0v) is 24.3. The van der Waals surface area contributed by atoms with E-state index in [0.29, 0.717) is 0 Å². The van der Waals surface area contributed by atoms with Crippen LogP contribution < -0.4 is 14.8 Å². The van der Waals surface area contributed by atoms with Crippen LogP contribution in [0.4, 0.5) is 0 Å². The molecule has 0 saturated heterocycles. The Hall–Kier alpha value is -2.15. The summed E-state index contributed by atoms with van der Waals surface area (Å²) in [5, 5.41) is 2.77. The molecule has 0 radical (unpaired) electrons. The Morgan fingerprint density at radius 3 is 1.50 bits per heavy atom. The van der Waals surface area contributed by atoms with Crippen LogP contribution in [0, 0.1) is 0 Å². The first-order valence-electron chi connectivity index (χ1n) is 12.4. The zero-order chi connectivity index (χ0) is 25.0. The number of hydrogen-bond donors (Lipinski definition) is 0. The molecule has 0 saturated carbocycles. The molecule has 0 atom stereocenters. The fraction of sp³-hybridized carbons (Fsp3) is 0.400. The Morgan fingerprint density at radius 1 is 0.618 bits per heavy atom. The van der Waals surface area contributed by atoms with Gasteiger partial charge in [-0.3, -0.25) is 0 Å². The lowest BCUT2D eigenvalue weighted by Crippen LogP contribution is -2.68. The van der Waals surface area contributed by atoms with Crippen LogP contribution in [0.25, 0.3) is 0 Å². The van der Waals surface area contributed by atoms with E-state index in [0.717, 1.165) is 18.8 Å². The van der Waals surface area contributed by atoms with Crippen molar-refractivity contribution in [3.8, 4) is 5.75 Å². The highest BCUT2D eigenvalue weighted by Crippen LogP contribution is 2.38. The summed E-state index contributed by atoms with van der Waals surface area (Å²) in [5.41, 5.74) is 1.29. The van der Waals surface area contributed by atoms with E-state index >= 15 is 0 Å². The largest absolute Gasteiger partial charge is 0.534 e. The van der Waals surface area contributed by atoms with E-state index in [1.807, 2.05) is 0 Å². The van der Waals surface area contributed by atoms with Crippen molar-refractivity contribution in [3.63, 3.8) is 0 Å². The van der Waals surface area contributed by atoms with Crippen molar-refractivity contribution in [2.24, 2.45) is 0 Å². The van der Waals surface area contributed by atoms with Gasteiger partial charge in [-0.15, -0.1) is 0 Å². The van der Waals surface area contributed by atoms with Crippen LogP contribution in [-0.2, 0) is 10.8 Å². The molecule has 0 fully saturated rings. The Balaban J connectivity index is 1.87. The summed E-state index contributed by atoms with van der Waals surface area (Å²) in [6.07, 6.45) is 0.923. The van der Waals surface area contributed by atoms with E-state index in [4.69, 9.17) is 8.85 Å². The summed E-state index contributed by atoms with van der Waals surface area (Å²) < 4.78 is 13.5. The minimum atomic E-state index is -2.60. The molecule has 2 nitrogen and oxygen atoms in total. The first-order chi connectivity index (χ1) is 15.9. The predicted octanol–water partition coefficient (Wildman–Crippen LogP) is 7.19. The smallest absolute Gasteiger partial charge is 0.319 e. The second-order valence-electron chi connectivity index (χ2n) is 11.8. The first kappa shape index (κ1) is 26.5. The molecule has 3 aromatic carbocycles. The molecule has 0 aromatic heterocycles. The van der Waals surface area contributed by atoms with Gasteiger partial charge in [0.1, 0.15) is 5.75 Å². The molecule has 3 aromatic rings. The minimum absolute atomic E-state index is 0.0502. The van der Waals surface area contributed by atoms with Crippen molar-refractivity contribution >= 4 is 27.0 Å². The lowest BCUT2D eigenvalue weighted by Gasteiger charge is -2.43. The minimum Gasteiger partial charge on any atom is -0.534 e. The Kier molecular flexibility index (Phi) is 7.96. The van der Waals surface area contributed by atoms with Gasteiger partial charge in [0.05, 0.1) is 0 Å². The molecule has 0 heterocycles. The van der Waals surface area contributed by atoms with Crippen LogP contribution in [0.15, 0.2) is 84.9 Å². The normalized spacial score (nSPS) is 13.1. The van der Waals surface area contributed by atoms with Crippen molar-refractivity contribution in [1.82, 2.24) is 0 Å². The summed E-state index contributed by atoms with van der Waals surface area (Å²) >= 11 is 0. The highest BCUT2D eigenvalue weighted by molar-refractivity contribution is 7.00. The summed E-state index contributed by atoms with van der Waals surface area (Å²) in [6.45, 7) is 19.2. The molecule has 182 valence electrons. The molecule has 0 amide bonds. The maximum atomic E-state index is 7.11. The number of rotatable bonds is 8. The van der Waals surface area contributed by atoms with Gasteiger partial charge in [0, 0.05) is 6.61 Å². The van der Waals surface area contributed by atoms with Crippen molar-refractivity contribution in [2.45, 2.75) is 71.1 Å². The average molecular weight is 491 g/mol. The molecule has 0 aliphatic heterocycles. The fourth-order valence-electron chi connectivity index (χ4n) is 4.19. The van der Waals surface area contributed by atoms with E-state index in [1.165, 1.54) is 15.9 Å². The molecule has 0 bridgehead atoms. The SMILES string of the molecule is CC(C)(C)[Si](C)(C)OCCc1ccc(O[Si](c2ccccc2)(c2ccccc2)C(C)(C)C)cc1. The lowest BCUT2D eigenvalue weighted by atomic mass is 10.1. The Morgan fingerprint density at radius 2 is 1.09 bits per heavy atom. The van der Waals surface area contributed by atoms with Gasteiger partial charge in [-0.25, -0.2) is 0 Å². The van der Waals surface area contributed by atoms with E-state index in [-0.39, 0.29) is 10.1 Å². The molecule has 3 rings (SSSR count). The predicted molar refractivity (Wildman–Crippen MR) is 152 cm³/mol. The molecule has 0 N–H and O–H groups in total. The molecule has 34 heavy (non-hydrogen) atoms. The van der Waals surface area contributed by atoms with Gasteiger partial charge in [-0.1, -0.05) is 114 Å². The molecule has 4 heteroatoms. The van der Waals surface area contributed by atoms with E-state index < -0.39 is 16.6 Å². The zero-order valence-electron chi connectivity index (χ0n) is 22.3. The van der Waals surface area contributed by atoms with Crippen molar-refractivity contribution in [2.75, 3.05) is 6.61 Å². The second-order valence-corrected chi connectivity index (χ2v) is 20.8. The maximum Gasteiger partial charge on any atom is 0.319 e. The Labute approximate surface area is 209 Å². The van der Waals surface area contributed by atoms with Crippen molar-refractivity contribution in [3.05, 3.63) is 90.5 Å². The van der Waals surface area contributed by atoms with Gasteiger partial charge in [0.2, 0.25) is 0 Å². The monoisotopic (exact) mass is 490 g/mol. The second kappa shape index (κ2) is 10.2. The summed E-state index contributed by atoms with van der Waals surface area (Å²) in [7, 11) is -4.31. The van der Waals surface area contributed by atoms with Crippen LogP contribution in [0.2, 0.25) is 23.2 Å². The topological polar surface area (TPSA) is 18.5 Å². The van der Waals surface area contributed by atoms with Gasteiger partial charge < -0.3 is 8.85 Å². The third kappa shape index (κ3) is 5.73. The van der Waals surface area contributed by atoms with Gasteiger partial charge in [0.25, 0.3) is 0 Å². The van der Waals surface area contributed by atoms with Crippen molar-refractivity contribution in [1.29, 1.82) is 0 Å². The van der Waals surface area contributed by atoms with Crippen LogP contribution in [0.3, 0.4) is 0 Å². The van der Waals surface area contributed by atoms with Crippen LogP contribution >= 0.6 is 0 Å². The lowest BCUT2D eigenvalue weighted by molar-refractivity contribution is 0.292. The average Bonchev–Trinajstić information content (AvgIpc) is 2.78. The van der Waals surface area contributed by atoms with Gasteiger partial charge in [0.15, 0.2) is 8.32 Å². The summed E-state index contributed by atoms with van der Waals surface area (Å²) in [4.78, 5) is 0. The van der Waals surface area contributed by atoms with Crippen molar-refractivity contribution < 1.29 is 8.85 Å². The van der Waals surface area contributed by atoms with Crippen LogP contribution in [-0.4, -0.2) is 23.2 Å². The third-order valence-electron chi connectivity index (χ3n) is 7.27. The summed E-state index contributed by atoms with van der Waals surface area (Å²) in [6, 6.07) is 30.3.